The van der Waals surface area contributed by atoms with Gasteiger partial charge in [0.1, 0.15) is 0 Å². The lowest BCUT2D eigenvalue weighted by Crippen LogP contribution is -2.45. The molecule has 0 atom stereocenters. The van der Waals surface area contributed by atoms with E-state index < -0.39 is 15.4 Å². The quantitative estimate of drug-likeness (QED) is 0.815. The molecule has 1 aromatic heterocycles. The van der Waals surface area contributed by atoms with Gasteiger partial charge in [0.05, 0.1) is 0 Å². The van der Waals surface area contributed by atoms with Crippen LogP contribution in [0.5, 0.6) is 0 Å². The molecule has 0 bridgehead atoms. The summed E-state index contributed by atoms with van der Waals surface area (Å²) in [6, 6.07) is 6.00. The van der Waals surface area contributed by atoms with E-state index in [-0.39, 0.29) is 5.04 Å². The summed E-state index contributed by atoms with van der Waals surface area (Å²) in [7, 11) is -3.26. The van der Waals surface area contributed by atoms with Crippen molar-refractivity contribution in [2.45, 2.75) is 38.9 Å². The molecule has 0 saturated carbocycles. The smallest absolute Gasteiger partial charge is 0.423 e. The molecule has 2 aromatic rings. The standard InChI is InChI=1S/C14H21BBrNO2Si/c1-14(2,3)20(4,5)17-9-12(15(18)19)11-8-10(16)6-7-13(11)17/h6-9,18-19H,1-5H3. The Kier molecular flexibility index (Phi) is 3.97. The Morgan fingerprint density at radius 2 is 1.80 bits per heavy atom. The van der Waals surface area contributed by atoms with E-state index in [9.17, 15) is 10.0 Å². The second-order valence-electron chi connectivity index (χ2n) is 6.80. The van der Waals surface area contributed by atoms with Gasteiger partial charge < -0.3 is 14.3 Å². The Morgan fingerprint density at radius 3 is 2.30 bits per heavy atom. The molecular weight excluding hydrogens is 333 g/mol. The highest BCUT2D eigenvalue weighted by molar-refractivity contribution is 9.10. The molecule has 0 aliphatic heterocycles. The van der Waals surface area contributed by atoms with Gasteiger partial charge in [0.15, 0.2) is 8.24 Å². The first-order valence-corrected chi connectivity index (χ1v) is 10.5. The summed E-state index contributed by atoms with van der Waals surface area (Å²) >= 11 is 3.45. The molecule has 3 nitrogen and oxygen atoms in total. The van der Waals surface area contributed by atoms with Crippen LogP contribution in [0, 0.1) is 0 Å². The minimum absolute atomic E-state index is 0.170. The van der Waals surface area contributed by atoms with Crippen molar-refractivity contribution >= 4 is 47.6 Å². The fourth-order valence-electron chi connectivity index (χ4n) is 2.26. The largest absolute Gasteiger partial charge is 0.490 e. The van der Waals surface area contributed by atoms with Crippen LogP contribution in [0.25, 0.3) is 10.9 Å². The van der Waals surface area contributed by atoms with Crippen LogP contribution in [0.3, 0.4) is 0 Å². The maximum Gasteiger partial charge on any atom is 0.490 e. The number of rotatable bonds is 2. The second kappa shape index (κ2) is 5.02. The van der Waals surface area contributed by atoms with Crippen molar-refractivity contribution < 1.29 is 10.0 Å². The van der Waals surface area contributed by atoms with Gasteiger partial charge in [0, 0.05) is 15.5 Å². The first kappa shape index (κ1) is 15.8. The molecule has 0 aliphatic carbocycles. The first-order chi connectivity index (χ1) is 9.05. The minimum atomic E-state index is -1.81. The molecule has 0 unspecified atom stereocenters. The molecule has 0 aliphatic rings. The number of benzene rings is 1. The van der Waals surface area contributed by atoms with E-state index in [0.29, 0.717) is 5.46 Å². The zero-order valence-corrected chi connectivity index (χ0v) is 15.2. The van der Waals surface area contributed by atoms with Gasteiger partial charge >= 0.3 is 7.12 Å². The molecule has 20 heavy (non-hydrogen) atoms. The highest BCUT2D eigenvalue weighted by Crippen LogP contribution is 2.38. The average molecular weight is 354 g/mol. The number of aromatic nitrogens is 1. The summed E-state index contributed by atoms with van der Waals surface area (Å²) in [6.45, 7) is 11.4. The maximum absolute atomic E-state index is 9.64. The topological polar surface area (TPSA) is 45.4 Å². The molecule has 0 saturated heterocycles. The Hall–Kier alpha value is -0.558. The lowest BCUT2D eigenvalue weighted by Gasteiger charge is -2.38. The summed E-state index contributed by atoms with van der Waals surface area (Å²) in [4.78, 5) is 0. The SMILES string of the molecule is CC(C)(C)[Si](C)(C)n1cc(B(O)O)c2cc(Br)ccc21. The number of halogens is 1. The molecule has 2 N–H and O–H groups in total. The fraction of sp³-hybridized carbons (Fsp3) is 0.429. The number of fused-ring (bicyclic) bond motifs is 1. The molecule has 2 rings (SSSR count). The van der Waals surface area contributed by atoms with Gasteiger partial charge in [-0.05, 0) is 34.8 Å². The molecule has 0 fully saturated rings. The van der Waals surface area contributed by atoms with Gasteiger partial charge in [-0.15, -0.1) is 0 Å². The highest BCUT2D eigenvalue weighted by atomic mass is 79.9. The molecule has 6 heteroatoms. The molecule has 0 spiro atoms. The van der Waals surface area contributed by atoms with Crippen molar-refractivity contribution in [1.82, 2.24) is 4.23 Å². The van der Waals surface area contributed by atoms with Gasteiger partial charge in [-0.2, -0.15) is 0 Å². The van der Waals surface area contributed by atoms with E-state index in [4.69, 9.17) is 0 Å². The summed E-state index contributed by atoms with van der Waals surface area (Å²) in [5.74, 6) is 0. The third-order valence-corrected chi connectivity index (χ3v) is 10.3. The van der Waals surface area contributed by atoms with Gasteiger partial charge in [-0.3, -0.25) is 0 Å². The van der Waals surface area contributed by atoms with Crippen LogP contribution in [-0.2, 0) is 0 Å². The van der Waals surface area contributed by atoms with Crippen LogP contribution >= 0.6 is 15.9 Å². The Bertz CT molecular complexity index is 646. The lowest BCUT2D eigenvalue weighted by molar-refractivity contribution is 0.426. The molecule has 1 heterocycles. The van der Waals surface area contributed by atoms with E-state index in [2.05, 4.69) is 54.0 Å². The van der Waals surface area contributed by atoms with Crippen molar-refractivity contribution in [3.63, 3.8) is 0 Å². The van der Waals surface area contributed by atoms with E-state index in [1.807, 2.05) is 24.4 Å². The third-order valence-electron chi connectivity index (χ3n) is 4.51. The number of hydrogen-bond donors (Lipinski definition) is 2. The third kappa shape index (κ3) is 2.50. The van der Waals surface area contributed by atoms with Crippen molar-refractivity contribution in [3.8, 4) is 0 Å². The minimum Gasteiger partial charge on any atom is -0.423 e. The van der Waals surface area contributed by atoms with Crippen molar-refractivity contribution in [1.29, 1.82) is 0 Å². The van der Waals surface area contributed by atoms with Crippen molar-refractivity contribution in [2.75, 3.05) is 0 Å². The normalized spacial score (nSPS) is 13.0. The van der Waals surface area contributed by atoms with E-state index in [0.717, 1.165) is 15.4 Å². The highest BCUT2D eigenvalue weighted by Gasteiger charge is 2.39. The fourth-order valence-corrected chi connectivity index (χ4v) is 4.60. The molecule has 108 valence electrons. The average Bonchev–Trinajstić information content (AvgIpc) is 2.66. The Balaban J connectivity index is 2.79. The summed E-state index contributed by atoms with van der Waals surface area (Å²) in [5, 5.41) is 20.3. The second-order valence-corrected chi connectivity index (χ2v) is 12.8. The number of nitrogens with zero attached hydrogens (tertiary/aromatic N) is 1. The molecule has 0 amide bonds. The zero-order chi connectivity index (χ0) is 15.3. The van der Waals surface area contributed by atoms with E-state index in [1.165, 1.54) is 0 Å². The van der Waals surface area contributed by atoms with Gasteiger partial charge in [-0.25, -0.2) is 0 Å². The van der Waals surface area contributed by atoms with Gasteiger partial charge in [-0.1, -0.05) is 49.8 Å². The monoisotopic (exact) mass is 353 g/mol. The van der Waals surface area contributed by atoms with Crippen LogP contribution in [0.1, 0.15) is 20.8 Å². The van der Waals surface area contributed by atoms with Crippen LogP contribution in [0.4, 0.5) is 0 Å². The Labute approximate surface area is 130 Å². The van der Waals surface area contributed by atoms with Crippen molar-refractivity contribution in [2.24, 2.45) is 0 Å². The van der Waals surface area contributed by atoms with Crippen LogP contribution in [-0.4, -0.2) is 29.6 Å². The van der Waals surface area contributed by atoms with Crippen LogP contribution in [0.15, 0.2) is 28.9 Å². The van der Waals surface area contributed by atoms with Gasteiger partial charge in [0.2, 0.25) is 0 Å². The van der Waals surface area contributed by atoms with E-state index >= 15 is 0 Å². The van der Waals surface area contributed by atoms with Crippen LogP contribution < -0.4 is 5.46 Å². The van der Waals surface area contributed by atoms with Gasteiger partial charge in [0.25, 0.3) is 0 Å². The molecular formula is C14H21BBrNO2Si. The molecule has 0 radical (unpaired) electrons. The summed E-state index contributed by atoms with van der Waals surface area (Å²) < 4.78 is 3.23. The van der Waals surface area contributed by atoms with Crippen LogP contribution in [0.2, 0.25) is 18.1 Å². The predicted molar refractivity (Wildman–Crippen MR) is 92.1 cm³/mol. The first-order valence-electron chi connectivity index (χ1n) is 6.73. The summed E-state index contributed by atoms with van der Waals surface area (Å²) in [6.07, 6.45) is 1.92. The Morgan fingerprint density at radius 1 is 1.20 bits per heavy atom. The van der Waals surface area contributed by atoms with Crippen molar-refractivity contribution in [3.05, 3.63) is 28.9 Å². The lowest BCUT2D eigenvalue weighted by atomic mass is 9.80. The number of hydrogen-bond acceptors (Lipinski definition) is 2. The predicted octanol–water partition coefficient (Wildman–Crippen LogP) is 2.94. The van der Waals surface area contributed by atoms with E-state index in [1.54, 1.807) is 0 Å². The maximum atomic E-state index is 9.64. The zero-order valence-electron chi connectivity index (χ0n) is 12.6. The summed E-state index contributed by atoms with van der Waals surface area (Å²) in [5.41, 5.74) is 1.65. The molecule has 1 aromatic carbocycles.